The van der Waals surface area contributed by atoms with E-state index in [9.17, 15) is 0 Å². The van der Waals surface area contributed by atoms with Gasteiger partial charge in [-0.05, 0) is 0 Å². The first-order valence-electron chi connectivity index (χ1n) is 5.56. The molecule has 0 saturated carbocycles. The van der Waals surface area contributed by atoms with Gasteiger partial charge >= 0.3 is 31.1 Å². The summed E-state index contributed by atoms with van der Waals surface area (Å²) in [5.41, 5.74) is 0.750. The van der Waals surface area contributed by atoms with E-state index in [1.165, 1.54) is 0 Å². The van der Waals surface area contributed by atoms with E-state index < -0.39 is 0 Å². The number of rotatable bonds is 0. The van der Waals surface area contributed by atoms with Gasteiger partial charge < -0.3 is 20.8 Å². The van der Waals surface area contributed by atoms with Gasteiger partial charge in [0.15, 0.2) is 0 Å². The monoisotopic (exact) mass is 689 g/mol. The van der Waals surface area contributed by atoms with Crippen molar-refractivity contribution >= 4 is 0 Å². The topological polar surface area (TPSA) is 0 Å². The van der Waals surface area contributed by atoms with Crippen LogP contribution in [0.25, 0.3) is 0 Å². The van der Waals surface area contributed by atoms with Crippen molar-refractivity contribution in [2.24, 2.45) is 16.2 Å². The Hall–Kier alpha value is 2.10. The van der Waals surface area contributed by atoms with E-state index in [4.69, 9.17) is 0 Å². The third kappa shape index (κ3) is 1060. The fraction of sp³-hybridized carbons (Fsp3) is 0.800. The molecule has 0 rings (SSSR count). The molecule has 0 heterocycles. The molecule has 2 heteroatoms. The quantitative estimate of drug-likeness (QED) is 0.291. The van der Waals surface area contributed by atoms with Crippen LogP contribution in [0.3, 0.4) is 0 Å². The van der Waals surface area contributed by atoms with Gasteiger partial charge in [0.25, 0.3) is 0 Å². The molecule has 0 saturated heterocycles. The van der Waals surface area contributed by atoms with Gasteiger partial charge in [0, 0.05) is 31.1 Å². The molecule has 0 unspecified atom stereocenters. The van der Waals surface area contributed by atoms with Crippen molar-refractivity contribution in [3.05, 3.63) is 20.8 Å². The molecule has 0 atom stereocenters. The Labute approximate surface area is 160 Å². The largest absolute Gasteiger partial charge is 3.00 e. The van der Waals surface area contributed by atoms with E-state index in [2.05, 4.69) is 83.1 Å². The summed E-state index contributed by atoms with van der Waals surface area (Å²) in [5, 5.41) is 0. The minimum atomic E-state index is 0. The molecule has 0 aromatic heterocycles. The van der Waals surface area contributed by atoms with Crippen LogP contribution in [0.2, 0.25) is 0 Å². The standard InChI is InChI=1S/3C5H11.2U/c3*1-5(2,3)4;;/h3*1H2,2-4H3;;/q3*-1;;+3. The summed E-state index contributed by atoms with van der Waals surface area (Å²) in [7, 11) is 0. The Morgan fingerprint density at radius 1 is 0.471 bits per heavy atom. The van der Waals surface area contributed by atoms with Crippen LogP contribution in [0.15, 0.2) is 0 Å². The van der Waals surface area contributed by atoms with Gasteiger partial charge in [-0.25, -0.2) is 0 Å². The van der Waals surface area contributed by atoms with Gasteiger partial charge in [-0.3, -0.25) is 0 Å². The molecule has 101 valence electrons. The molecule has 0 fully saturated rings. The van der Waals surface area contributed by atoms with Crippen LogP contribution in [-0.4, -0.2) is 0 Å². The molecule has 0 spiro atoms. The summed E-state index contributed by atoms with van der Waals surface area (Å²) in [6.07, 6.45) is 0. The SMILES string of the molecule is [CH2-]C(C)(C)C.[CH2-]C(C)(C)C.[CH2-]C(C)(C)C.[U+3].[U]. The maximum atomic E-state index is 3.77. The molecular formula is C15H33U2. The Morgan fingerprint density at radius 3 is 0.471 bits per heavy atom. The van der Waals surface area contributed by atoms with Crippen LogP contribution in [0.4, 0.5) is 0 Å². The van der Waals surface area contributed by atoms with Gasteiger partial charge in [-0.2, -0.15) is 16.2 Å². The normalized spacial score (nSPS) is 10.6. The summed E-state index contributed by atoms with van der Waals surface area (Å²) in [6.45, 7) is 30.0. The van der Waals surface area contributed by atoms with Crippen LogP contribution in [-0.2, 0) is 0 Å². The van der Waals surface area contributed by atoms with Crippen molar-refractivity contribution in [3.63, 3.8) is 0 Å². The number of hydrogen-bond acceptors (Lipinski definition) is 0. The molecule has 0 aromatic rings. The molecule has 0 bridgehead atoms. The maximum absolute atomic E-state index is 3.77. The van der Waals surface area contributed by atoms with Crippen LogP contribution in [0.1, 0.15) is 62.3 Å². The summed E-state index contributed by atoms with van der Waals surface area (Å²) >= 11 is 0. The van der Waals surface area contributed by atoms with Crippen molar-refractivity contribution in [3.8, 4) is 0 Å². The molecule has 0 aliphatic heterocycles. The summed E-state index contributed by atoms with van der Waals surface area (Å²) in [4.78, 5) is 0. The van der Waals surface area contributed by atoms with E-state index in [1.54, 1.807) is 0 Å². The van der Waals surface area contributed by atoms with E-state index in [0.29, 0.717) is 0 Å². The van der Waals surface area contributed by atoms with E-state index >= 15 is 0 Å². The van der Waals surface area contributed by atoms with E-state index in [0.717, 1.165) is 0 Å². The van der Waals surface area contributed by atoms with Crippen LogP contribution in [0, 0.1) is 99.2 Å². The Morgan fingerprint density at radius 2 is 0.471 bits per heavy atom. The van der Waals surface area contributed by atoms with Crippen LogP contribution >= 0.6 is 0 Å². The molecule has 0 N–H and O–H groups in total. The molecule has 1 radical (unpaired) electrons. The zero-order valence-corrected chi connectivity index (χ0v) is 21.9. The third-order valence-corrected chi connectivity index (χ3v) is 0. The van der Waals surface area contributed by atoms with Crippen molar-refractivity contribution in [2.75, 3.05) is 0 Å². The first-order chi connectivity index (χ1) is 6.00. The minimum absolute atomic E-state index is 0. The predicted molar refractivity (Wildman–Crippen MR) is 74.4 cm³/mol. The summed E-state index contributed by atoms with van der Waals surface area (Å²) in [6, 6.07) is 0. The molecular weight excluding hydrogens is 656 g/mol. The molecule has 0 aromatic carbocycles. The zero-order chi connectivity index (χ0) is 13.5. The predicted octanol–water partition coefficient (Wildman–Crippen LogP) is 5.60. The van der Waals surface area contributed by atoms with Crippen LogP contribution in [0.5, 0.6) is 0 Å². The van der Waals surface area contributed by atoms with Crippen LogP contribution < -0.4 is 0 Å². The minimum Gasteiger partial charge on any atom is -0.338 e. The maximum Gasteiger partial charge on any atom is 3.00 e. The zero-order valence-electron chi connectivity index (χ0n) is 13.6. The third-order valence-electron chi connectivity index (χ3n) is 0. The van der Waals surface area contributed by atoms with Crippen molar-refractivity contribution < 1.29 is 62.2 Å². The second kappa shape index (κ2) is 13.1. The Balaban J connectivity index is -0.0000000400. The first-order valence-corrected chi connectivity index (χ1v) is 5.56. The van der Waals surface area contributed by atoms with Crippen molar-refractivity contribution in [2.45, 2.75) is 62.3 Å². The van der Waals surface area contributed by atoms with Gasteiger partial charge in [-0.15, -0.1) is 0 Å². The summed E-state index contributed by atoms with van der Waals surface area (Å²) < 4.78 is 0. The fourth-order valence-corrected chi connectivity index (χ4v) is 0. The molecule has 17 heavy (non-hydrogen) atoms. The van der Waals surface area contributed by atoms with Crippen molar-refractivity contribution in [1.29, 1.82) is 0 Å². The fourth-order valence-electron chi connectivity index (χ4n) is 0. The number of hydrogen-bond donors (Lipinski definition) is 0. The smallest absolute Gasteiger partial charge is 0.338 e. The second-order valence-corrected chi connectivity index (χ2v) is 7.68. The van der Waals surface area contributed by atoms with Gasteiger partial charge in [0.05, 0.1) is 0 Å². The van der Waals surface area contributed by atoms with Gasteiger partial charge in [0.1, 0.15) is 0 Å². The molecule has 0 amide bonds. The van der Waals surface area contributed by atoms with Gasteiger partial charge in [-0.1, -0.05) is 62.3 Å². The summed E-state index contributed by atoms with van der Waals surface area (Å²) in [5.74, 6) is 0. The molecule has 0 aliphatic carbocycles. The van der Waals surface area contributed by atoms with E-state index in [-0.39, 0.29) is 78.5 Å². The molecule has 0 aliphatic rings. The average molecular weight is 689 g/mol. The van der Waals surface area contributed by atoms with Crippen molar-refractivity contribution in [1.82, 2.24) is 0 Å². The van der Waals surface area contributed by atoms with E-state index in [1.807, 2.05) is 0 Å². The Bertz CT molecular complexity index is 83.9. The second-order valence-electron chi connectivity index (χ2n) is 7.68. The first kappa shape index (κ1) is 31.5. The Kier molecular flexibility index (Phi) is 24.3. The molecule has 0 nitrogen and oxygen atoms in total. The van der Waals surface area contributed by atoms with Gasteiger partial charge in [0.2, 0.25) is 0 Å². The average Bonchev–Trinajstić information content (AvgIpc) is 1.41.